The molecule has 11 heteroatoms. The highest BCUT2D eigenvalue weighted by Crippen LogP contribution is 2.38. The van der Waals surface area contributed by atoms with Crippen LogP contribution in [0.25, 0.3) is 11.4 Å². The number of carbonyl (C=O) groups excluding carboxylic acids is 2. The molecule has 0 spiro atoms. The Morgan fingerprint density at radius 2 is 1.88 bits per heavy atom. The molecular weight excluding hydrogens is 446 g/mol. The minimum absolute atomic E-state index is 0.0114. The molecular formula is C22H29N5O5S. The zero-order valence-electron chi connectivity index (χ0n) is 18.6. The second-order valence-electron chi connectivity index (χ2n) is 8.32. The van der Waals surface area contributed by atoms with Crippen molar-refractivity contribution in [1.82, 2.24) is 14.9 Å². The fourth-order valence-corrected chi connectivity index (χ4v) is 4.58. The Morgan fingerprint density at radius 3 is 2.52 bits per heavy atom. The highest BCUT2D eigenvalue weighted by Gasteiger charge is 2.22. The van der Waals surface area contributed by atoms with E-state index in [9.17, 15) is 18.7 Å². The third-order valence-electron chi connectivity index (χ3n) is 5.45. The number of nitrogens with one attached hydrogen (secondary N) is 1. The van der Waals surface area contributed by atoms with Crippen molar-refractivity contribution in [1.29, 1.82) is 0 Å². The Morgan fingerprint density at radius 1 is 1.15 bits per heavy atom. The average molecular weight is 476 g/mol. The van der Waals surface area contributed by atoms with Gasteiger partial charge in [-0.05, 0) is 30.7 Å². The number of likely N-dealkylation sites (tertiary alicyclic amines) is 1. The molecule has 2 saturated heterocycles. The van der Waals surface area contributed by atoms with Crippen molar-refractivity contribution >= 4 is 33.9 Å². The maximum absolute atomic E-state index is 12.3. The molecule has 0 saturated carbocycles. The monoisotopic (exact) mass is 475 g/mol. The molecule has 2 aliphatic rings. The summed E-state index contributed by atoms with van der Waals surface area (Å²) in [6.45, 7) is 3.28. The molecule has 2 aromatic rings. The number of benzene rings is 1. The molecule has 4 rings (SSSR count). The first-order valence-corrected chi connectivity index (χ1v) is 13.0. The number of rotatable bonds is 7. The van der Waals surface area contributed by atoms with Crippen molar-refractivity contribution < 1.29 is 23.4 Å². The zero-order chi connectivity index (χ0) is 23.4. The molecule has 3 heterocycles. The second kappa shape index (κ2) is 10.0. The van der Waals surface area contributed by atoms with E-state index in [1.165, 1.54) is 6.26 Å². The number of amides is 2. The zero-order valence-corrected chi connectivity index (χ0v) is 19.4. The van der Waals surface area contributed by atoms with Crippen LogP contribution in [-0.2, 0) is 20.1 Å². The van der Waals surface area contributed by atoms with Crippen LogP contribution in [0.4, 0.5) is 11.5 Å². The smallest absolute Gasteiger partial charge is 0.243 e. The van der Waals surface area contributed by atoms with Crippen molar-refractivity contribution in [3.63, 3.8) is 0 Å². The van der Waals surface area contributed by atoms with E-state index in [4.69, 9.17) is 9.72 Å². The van der Waals surface area contributed by atoms with Crippen LogP contribution in [0.5, 0.6) is 0 Å². The third-order valence-corrected chi connectivity index (χ3v) is 6.30. The minimum atomic E-state index is -2.77. The topological polar surface area (TPSA) is 128 Å². The van der Waals surface area contributed by atoms with Crippen molar-refractivity contribution in [3.05, 3.63) is 36.0 Å². The predicted octanol–water partition coefficient (Wildman–Crippen LogP) is 2.42. The lowest BCUT2D eigenvalue weighted by Crippen LogP contribution is -2.37. The van der Waals surface area contributed by atoms with Gasteiger partial charge in [-0.1, -0.05) is 0 Å². The SMILES string of the molecule is CS(O)(O)Cc1cc(N2CCOCC2)nc(-c2ccc(NC(=O)CN3CCCC3=O)cc2)n1. The summed E-state index contributed by atoms with van der Waals surface area (Å²) in [6, 6.07) is 8.93. The van der Waals surface area contributed by atoms with Crippen molar-refractivity contribution in [2.75, 3.05) is 55.9 Å². The summed E-state index contributed by atoms with van der Waals surface area (Å²) < 4.78 is 25.3. The Bertz CT molecular complexity index is 1010. The third kappa shape index (κ3) is 6.41. The van der Waals surface area contributed by atoms with Crippen LogP contribution in [0.15, 0.2) is 30.3 Å². The first-order chi connectivity index (χ1) is 15.8. The predicted molar refractivity (Wildman–Crippen MR) is 127 cm³/mol. The number of carbonyl (C=O) groups is 2. The summed E-state index contributed by atoms with van der Waals surface area (Å²) in [6.07, 6.45) is 2.69. The molecule has 178 valence electrons. The lowest BCUT2D eigenvalue weighted by molar-refractivity contribution is -0.131. The van der Waals surface area contributed by atoms with Crippen LogP contribution in [0, 0.1) is 0 Å². The van der Waals surface area contributed by atoms with E-state index in [-0.39, 0.29) is 24.1 Å². The van der Waals surface area contributed by atoms with Gasteiger partial charge in [0, 0.05) is 49.6 Å². The number of aromatic nitrogens is 2. The Kier molecular flexibility index (Phi) is 7.13. The molecule has 2 fully saturated rings. The van der Waals surface area contributed by atoms with Gasteiger partial charge in [-0.3, -0.25) is 18.7 Å². The van der Waals surface area contributed by atoms with Crippen LogP contribution >= 0.6 is 10.6 Å². The lowest BCUT2D eigenvalue weighted by atomic mass is 10.2. The number of ether oxygens (including phenoxy) is 1. The van der Waals surface area contributed by atoms with Gasteiger partial charge in [-0.25, -0.2) is 9.97 Å². The minimum Gasteiger partial charge on any atom is -0.378 e. The number of anilines is 2. The summed E-state index contributed by atoms with van der Waals surface area (Å²) >= 11 is 0. The first kappa shape index (κ1) is 23.4. The Hall–Kier alpha value is -2.73. The van der Waals surface area contributed by atoms with E-state index >= 15 is 0 Å². The standard InChI is InChI=1S/C22H29N5O5S/c1-33(30,31)15-18-13-19(26-9-11-32-12-10-26)25-22(24-18)16-4-6-17(7-5-16)23-20(28)14-27-8-2-3-21(27)29/h4-7,13,30-31H,2-3,8-12,14-15H2,1H3,(H,23,28). The van der Waals surface area contributed by atoms with Crippen LogP contribution in [-0.4, -0.2) is 81.4 Å². The molecule has 10 nitrogen and oxygen atoms in total. The van der Waals surface area contributed by atoms with Gasteiger partial charge in [0.15, 0.2) is 5.82 Å². The van der Waals surface area contributed by atoms with Crippen molar-refractivity contribution in [2.45, 2.75) is 18.6 Å². The van der Waals surface area contributed by atoms with Crippen LogP contribution < -0.4 is 10.2 Å². The van der Waals surface area contributed by atoms with Crippen LogP contribution in [0.1, 0.15) is 18.5 Å². The number of hydrogen-bond acceptors (Lipinski definition) is 8. The molecule has 0 radical (unpaired) electrons. The van der Waals surface area contributed by atoms with Gasteiger partial charge >= 0.3 is 0 Å². The van der Waals surface area contributed by atoms with E-state index in [1.54, 1.807) is 23.1 Å². The fourth-order valence-electron chi connectivity index (χ4n) is 3.87. The van der Waals surface area contributed by atoms with Gasteiger partial charge in [0.05, 0.1) is 31.2 Å². The average Bonchev–Trinajstić information content (AvgIpc) is 3.17. The molecule has 2 aliphatic heterocycles. The van der Waals surface area contributed by atoms with Gasteiger partial charge in [0.25, 0.3) is 0 Å². The van der Waals surface area contributed by atoms with Crippen molar-refractivity contribution in [2.24, 2.45) is 0 Å². The fraction of sp³-hybridized carbons (Fsp3) is 0.455. The molecule has 1 aromatic heterocycles. The quantitative estimate of drug-likeness (QED) is 0.557. The Labute approximate surface area is 194 Å². The summed E-state index contributed by atoms with van der Waals surface area (Å²) in [5, 5.41) is 2.82. The van der Waals surface area contributed by atoms with Gasteiger partial charge in [-0.15, -0.1) is 0 Å². The molecule has 0 bridgehead atoms. The molecule has 1 aromatic carbocycles. The highest BCUT2D eigenvalue weighted by molar-refractivity contribution is 8.23. The summed E-state index contributed by atoms with van der Waals surface area (Å²) in [4.78, 5) is 36.9. The van der Waals surface area contributed by atoms with Gasteiger partial charge in [0.2, 0.25) is 11.8 Å². The van der Waals surface area contributed by atoms with E-state index < -0.39 is 10.6 Å². The van der Waals surface area contributed by atoms with Crippen LogP contribution in [0.3, 0.4) is 0 Å². The Balaban J connectivity index is 1.51. The maximum atomic E-state index is 12.3. The normalized spacial score (nSPS) is 17.4. The van der Waals surface area contributed by atoms with E-state index in [1.807, 2.05) is 12.1 Å². The largest absolute Gasteiger partial charge is 0.378 e. The molecule has 0 unspecified atom stereocenters. The number of morpholine rings is 1. The van der Waals surface area contributed by atoms with Gasteiger partial charge < -0.3 is 19.9 Å². The second-order valence-corrected chi connectivity index (χ2v) is 10.6. The molecule has 0 aliphatic carbocycles. The maximum Gasteiger partial charge on any atom is 0.243 e. The van der Waals surface area contributed by atoms with E-state index in [0.29, 0.717) is 56.5 Å². The van der Waals surface area contributed by atoms with Crippen molar-refractivity contribution in [3.8, 4) is 11.4 Å². The molecule has 0 atom stereocenters. The summed E-state index contributed by atoms with van der Waals surface area (Å²) in [7, 11) is -2.77. The summed E-state index contributed by atoms with van der Waals surface area (Å²) in [5.41, 5.74) is 1.91. The lowest BCUT2D eigenvalue weighted by Gasteiger charge is -2.30. The van der Waals surface area contributed by atoms with Gasteiger partial charge in [-0.2, -0.15) is 10.6 Å². The van der Waals surface area contributed by atoms with Crippen LogP contribution in [0.2, 0.25) is 0 Å². The molecule has 3 N–H and O–H groups in total. The number of hydrogen-bond donors (Lipinski definition) is 3. The van der Waals surface area contributed by atoms with Gasteiger partial charge in [0.1, 0.15) is 5.82 Å². The first-order valence-electron chi connectivity index (χ1n) is 10.9. The van der Waals surface area contributed by atoms with E-state index in [2.05, 4.69) is 15.2 Å². The molecule has 33 heavy (non-hydrogen) atoms. The molecule has 2 amide bonds. The van der Waals surface area contributed by atoms with E-state index in [0.717, 1.165) is 17.8 Å². The highest BCUT2D eigenvalue weighted by atomic mass is 32.3. The summed E-state index contributed by atoms with van der Waals surface area (Å²) in [5.74, 6) is 1.01. The number of nitrogens with zero attached hydrogens (tertiary/aromatic N) is 4.